The summed E-state index contributed by atoms with van der Waals surface area (Å²) in [5, 5.41) is 3.16. The Morgan fingerprint density at radius 1 is 1.63 bits per heavy atom. The average Bonchev–Trinajstić information content (AvgIpc) is 3.04. The van der Waals surface area contributed by atoms with E-state index in [9.17, 15) is 4.79 Å². The summed E-state index contributed by atoms with van der Waals surface area (Å²) in [4.78, 5) is 18.1. The highest BCUT2D eigenvalue weighted by Gasteiger charge is 2.26. The monoisotopic (exact) mass is 282 g/mol. The van der Waals surface area contributed by atoms with Gasteiger partial charge in [-0.3, -0.25) is 4.79 Å². The highest BCUT2D eigenvalue weighted by atomic mass is 32.1. The Hall–Kier alpha value is -1.10. The fraction of sp³-hybridized carbons (Fsp3) is 0.714. The molecule has 0 saturated carbocycles. The molecule has 106 valence electrons. The van der Waals surface area contributed by atoms with E-state index in [0.29, 0.717) is 12.8 Å². The van der Waals surface area contributed by atoms with Crippen LogP contribution in [0.25, 0.3) is 0 Å². The SMILES string of the molecule is COC(=O)CCc1csc(N2CCC(C(C)C)C2)n1. The standard InChI is InChI=1S/C14H22N2O2S/c1-10(2)11-6-7-16(8-11)14-15-12(9-19-14)4-5-13(17)18-3/h9-11H,4-8H2,1-3H3. The van der Waals surface area contributed by atoms with Gasteiger partial charge in [0.2, 0.25) is 0 Å². The third-order valence-corrected chi connectivity index (χ3v) is 4.74. The van der Waals surface area contributed by atoms with Crippen molar-refractivity contribution in [2.75, 3.05) is 25.1 Å². The first-order valence-corrected chi connectivity index (χ1v) is 7.74. The molecule has 2 heterocycles. The molecule has 0 aromatic carbocycles. The number of rotatable bonds is 5. The van der Waals surface area contributed by atoms with E-state index in [1.165, 1.54) is 13.5 Å². The van der Waals surface area contributed by atoms with Crippen LogP contribution in [0.3, 0.4) is 0 Å². The van der Waals surface area contributed by atoms with Gasteiger partial charge in [-0.25, -0.2) is 4.98 Å². The van der Waals surface area contributed by atoms with E-state index in [4.69, 9.17) is 0 Å². The predicted molar refractivity (Wildman–Crippen MR) is 77.6 cm³/mol. The quantitative estimate of drug-likeness (QED) is 0.779. The number of thiazole rings is 1. The van der Waals surface area contributed by atoms with Crippen molar-refractivity contribution < 1.29 is 9.53 Å². The van der Waals surface area contributed by atoms with Crippen molar-refractivity contribution >= 4 is 22.4 Å². The Morgan fingerprint density at radius 2 is 2.42 bits per heavy atom. The number of esters is 1. The number of methoxy groups -OCH3 is 1. The molecule has 1 fully saturated rings. The number of hydrogen-bond acceptors (Lipinski definition) is 5. The van der Waals surface area contributed by atoms with E-state index in [1.807, 2.05) is 0 Å². The van der Waals surface area contributed by atoms with E-state index in [1.54, 1.807) is 11.3 Å². The number of anilines is 1. The van der Waals surface area contributed by atoms with Crippen LogP contribution in [-0.2, 0) is 16.0 Å². The van der Waals surface area contributed by atoms with Crippen LogP contribution in [0.15, 0.2) is 5.38 Å². The molecule has 0 N–H and O–H groups in total. The first kappa shape index (κ1) is 14.3. The number of hydrogen-bond donors (Lipinski definition) is 0. The third-order valence-electron chi connectivity index (χ3n) is 3.79. The van der Waals surface area contributed by atoms with Gasteiger partial charge in [0.1, 0.15) is 0 Å². The van der Waals surface area contributed by atoms with Gasteiger partial charge >= 0.3 is 5.97 Å². The molecule has 1 saturated heterocycles. The first-order valence-electron chi connectivity index (χ1n) is 6.86. The van der Waals surface area contributed by atoms with Crippen molar-refractivity contribution in [3.8, 4) is 0 Å². The normalized spacial score (nSPS) is 19.2. The number of carbonyl (C=O) groups excluding carboxylic acids is 1. The Kier molecular flexibility index (Phi) is 4.80. The van der Waals surface area contributed by atoms with Crippen LogP contribution >= 0.6 is 11.3 Å². The lowest BCUT2D eigenvalue weighted by atomic mass is 9.95. The largest absolute Gasteiger partial charge is 0.469 e. The van der Waals surface area contributed by atoms with Gasteiger partial charge in [-0.15, -0.1) is 11.3 Å². The number of ether oxygens (including phenoxy) is 1. The van der Waals surface area contributed by atoms with Gasteiger partial charge in [0, 0.05) is 24.9 Å². The summed E-state index contributed by atoms with van der Waals surface area (Å²) in [6.45, 7) is 6.80. The van der Waals surface area contributed by atoms with Crippen LogP contribution in [0.5, 0.6) is 0 Å². The zero-order chi connectivity index (χ0) is 13.8. The minimum absolute atomic E-state index is 0.171. The molecule has 1 aromatic heterocycles. The van der Waals surface area contributed by atoms with Crippen LogP contribution in [0.2, 0.25) is 0 Å². The molecule has 1 unspecified atom stereocenters. The van der Waals surface area contributed by atoms with Crippen molar-refractivity contribution in [2.24, 2.45) is 11.8 Å². The molecule has 1 aliphatic rings. The van der Waals surface area contributed by atoms with E-state index in [0.717, 1.165) is 35.8 Å². The molecule has 19 heavy (non-hydrogen) atoms. The zero-order valence-corrected chi connectivity index (χ0v) is 12.7. The molecule has 2 rings (SSSR count). The lowest BCUT2D eigenvalue weighted by Crippen LogP contribution is -2.21. The van der Waals surface area contributed by atoms with Gasteiger partial charge in [-0.1, -0.05) is 13.8 Å². The third kappa shape index (κ3) is 3.69. The number of aromatic nitrogens is 1. The summed E-state index contributed by atoms with van der Waals surface area (Å²) in [6.07, 6.45) is 2.34. The first-order chi connectivity index (χ1) is 9.10. The Balaban J connectivity index is 1.89. The molecule has 0 spiro atoms. The van der Waals surface area contributed by atoms with Gasteiger partial charge in [0.15, 0.2) is 5.13 Å². The lowest BCUT2D eigenvalue weighted by molar-refractivity contribution is -0.140. The van der Waals surface area contributed by atoms with Gasteiger partial charge in [0.25, 0.3) is 0 Å². The summed E-state index contributed by atoms with van der Waals surface area (Å²) in [6, 6.07) is 0. The maximum absolute atomic E-state index is 11.1. The molecule has 1 atom stereocenters. The summed E-state index contributed by atoms with van der Waals surface area (Å²) in [7, 11) is 1.42. The lowest BCUT2D eigenvalue weighted by Gasteiger charge is -2.16. The number of aryl methyl sites for hydroxylation is 1. The van der Waals surface area contributed by atoms with Gasteiger partial charge < -0.3 is 9.64 Å². The molecule has 0 amide bonds. The average molecular weight is 282 g/mol. The molecule has 0 bridgehead atoms. The van der Waals surface area contributed by atoms with E-state index < -0.39 is 0 Å². The van der Waals surface area contributed by atoms with Crippen molar-refractivity contribution in [3.63, 3.8) is 0 Å². The van der Waals surface area contributed by atoms with Crippen LogP contribution in [0.4, 0.5) is 5.13 Å². The van der Waals surface area contributed by atoms with Gasteiger partial charge in [-0.05, 0) is 18.3 Å². The minimum Gasteiger partial charge on any atom is -0.469 e. The minimum atomic E-state index is -0.171. The van der Waals surface area contributed by atoms with Crippen molar-refractivity contribution in [3.05, 3.63) is 11.1 Å². The molecule has 1 aliphatic heterocycles. The maximum Gasteiger partial charge on any atom is 0.305 e. The molecule has 1 aromatic rings. The fourth-order valence-electron chi connectivity index (χ4n) is 2.39. The Morgan fingerprint density at radius 3 is 3.05 bits per heavy atom. The molecule has 0 aliphatic carbocycles. The van der Waals surface area contributed by atoms with Gasteiger partial charge in [0.05, 0.1) is 19.2 Å². The van der Waals surface area contributed by atoms with Crippen LogP contribution < -0.4 is 4.90 Å². The Labute approximate surface area is 118 Å². The smallest absolute Gasteiger partial charge is 0.305 e. The zero-order valence-electron chi connectivity index (χ0n) is 11.9. The second-order valence-corrected chi connectivity index (χ2v) is 6.27. The molecular formula is C14H22N2O2S. The Bertz CT molecular complexity index is 431. The summed E-state index contributed by atoms with van der Waals surface area (Å²) in [5.41, 5.74) is 0.999. The summed E-state index contributed by atoms with van der Waals surface area (Å²) in [5.74, 6) is 1.35. The second-order valence-electron chi connectivity index (χ2n) is 5.44. The van der Waals surface area contributed by atoms with Crippen LogP contribution in [-0.4, -0.2) is 31.2 Å². The van der Waals surface area contributed by atoms with E-state index in [2.05, 4.69) is 33.8 Å². The molecule has 4 nitrogen and oxygen atoms in total. The predicted octanol–water partition coefficient (Wildman–Crippen LogP) is 2.73. The maximum atomic E-state index is 11.1. The highest BCUT2D eigenvalue weighted by molar-refractivity contribution is 7.13. The van der Waals surface area contributed by atoms with E-state index in [-0.39, 0.29) is 5.97 Å². The fourth-order valence-corrected chi connectivity index (χ4v) is 3.29. The molecule has 0 radical (unpaired) electrons. The number of nitrogens with zero attached hydrogens (tertiary/aromatic N) is 2. The summed E-state index contributed by atoms with van der Waals surface area (Å²) < 4.78 is 4.65. The van der Waals surface area contributed by atoms with Crippen LogP contribution in [0, 0.1) is 11.8 Å². The van der Waals surface area contributed by atoms with Gasteiger partial charge in [-0.2, -0.15) is 0 Å². The molecule has 5 heteroatoms. The van der Waals surface area contributed by atoms with Crippen molar-refractivity contribution in [1.29, 1.82) is 0 Å². The van der Waals surface area contributed by atoms with Crippen LogP contribution in [0.1, 0.15) is 32.4 Å². The van der Waals surface area contributed by atoms with E-state index >= 15 is 0 Å². The topological polar surface area (TPSA) is 42.4 Å². The molecular weight excluding hydrogens is 260 g/mol. The highest BCUT2D eigenvalue weighted by Crippen LogP contribution is 2.30. The van der Waals surface area contributed by atoms with Crippen molar-refractivity contribution in [1.82, 2.24) is 4.98 Å². The van der Waals surface area contributed by atoms with Crippen molar-refractivity contribution in [2.45, 2.75) is 33.1 Å². The summed E-state index contributed by atoms with van der Waals surface area (Å²) >= 11 is 1.68. The second kappa shape index (κ2) is 6.37. The number of carbonyl (C=O) groups is 1.